The summed E-state index contributed by atoms with van der Waals surface area (Å²) in [7, 11) is -2.33. The number of methoxy groups -OCH3 is 1. The average Bonchev–Trinajstić information content (AvgIpc) is 3.13. The minimum absolute atomic E-state index is 0.0845. The summed E-state index contributed by atoms with van der Waals surface area (Å²) in [5.41, 5.74) is 2.42. The number of benzene rings is 2. The highest BCUT2D eigenvalue weighted by atomic mass is 32.2. The zero-order chi connectivity index (χ0) is 22.8. The van der Waals surface area contributed by atoms with E-state index in [2.05, 4.69) is 5.32 Å². The highest BCUT2D eigenvalue weighted by Crippen LogP contribution is 2.33. The first-order valence-electron chi connectivity index (χ1n) is 9.97. The van der Waals surface area contributed by atoms with Crippen LogP contribution in [0, 0.1) is 6.92 Å². The van der Waals surface area contributed by atoms with E-state index in [0.29, 0.717) is 30.1 Å². The van der Waals surface area contributed by atoms with Gasteiger partial charge in [0.25, 0.3) is 0 Å². The summed E-state index contributed by atoms with van der Waals surface area (Å²) in [4.78, 5) is 26.5. The Hall–Kier alpha value is -3.07. The van der Waals surface area contributed by atoms with Gasteiger partial charge in [0, 0.05) is 24.3 Å². The van der Waals surface area contributed by atoms with Crippen LogP contribution in [-0.2, 0) is 19.6 Å². The van der Waals surface area contributed by atoms with Crippen LogP contribution in [0.1, 0.15) is 25.3 Å². The second-order valence-electron chi connectivity index (χ2n) is 7.60. The fourth-order valence-electron chi connectivity index (χ4n) is 3.65. The molecular formula is C22H27N3O5S. The number of amides is 2. The fourth-order valence-corrected chi connectivity index (χ4v) is 4.82. The third-order valence-corrected chi connectivity index (χ3v) is 6.41. The predicted molar refractivity (Wildman–Crippen MR) is 121 cm³/mol. The van der Waals surface area contributed by atoms with Crippen molar-refractivity contribution in [2.75, 3.05) is 34.4 Å². The highest BCUT2D eigenvalue weighted by molar-refractivity contribution is 7.92. The zero-order valence-corrected chi connectivity index (χ0v) is 18.9. The summed E-state index contributed by atoms with van der Waals surface area (Å²) in [6.45, 7) is 4.04. The largest absolute Gasteiger partial charge is 0.495 e. The van der Waals surface area contributed by atoms with Gasteiger partial charge in [0.2, 0.25) is 21.8 Å². The van der Waals surface area contributed by atoms with Crippen LogP contribution >= 0.6 is 0 Å². The van der Waals surface area contributed by atoms with E-state index in [4.69, 9.17) is 4.74 Å². The Morgan fingerprint density at radius 2 is 1.87 bits per heavy atom. The van der Waals surface area contributed by atoms with Crippen molar-refractivity contribution in [3.8, 4) is 5.75 Å². The van der Waals surface area contributed by atoms with E-state index in [1.54, 1.807) is 47.4 Å². The minimum atomic E-state index is -3.78. The zero-order valence-electron chi connectivity index (χ0n) is 18.1. The summed E-state index contributed by atoms with van der Waals surface area (Å²) in [5, 5.41) is 2.76. The van der Waals surface area contributed by atoms with Crippen molar-refractivity contribution in [1.29, 1.82) is 0 Å². The molecule has 2 aromatic rings. The molecule has 0 radical (unpaired) electrons. The van der Waals surface area contributed by atoms with Crippen molar-refractivity contribution in [1.82, 2.24) is 0 Å². The van der Waals surface area contributed by atoms with Gasteiger partial charge in [-0.15, -0.1) is 0 Å². The van der Waals surface area contributed by atoms with Gasteiger partial charge in [-0.3, -0.25) is 13.9 Å². The first-order valence-corrected chi connectivity index (χ1v) is 11.8. The number of aryl methyl sites for hydroxylation is 1. The molecule has 1 atom stereocenters. The lowest BCUT2D eigenvalue weighted by Gasteiger charge is -2.29. The molecule has 8 nitrogen and oxygen atoms in total. The van der Waals surface area contributed by atoms with E-state index in [0.717, 1.165) is 28.2 Å². The van der Waals surface area contributed by atoms with Crippen molar-refractivity contribution in [3.63, 3.8) is 0 Å². The molecule has 1 N–H and O–H groups in total. The molecule has 1 aliphatic rings. The number of hydrogen-bond acceptors (Lipinski definition) is 5. The third-order valence-electron chi connectivity index (χ3n) is 5.18. The van der Waals surface area contributed by atoms with Crippen LogP contribution < -0.4 is 19.3 Å². The van der Waals surface area contributed by atoms with E-state index in [1.807, 2.05) is 6.92 Å². The fraction of sp³-hybridized carbons (Fsp3) is 0.364. The van der Waals surface area contributed by atoms with Crippen LogP contribution in [0.3, 0.4) is 0 Å². The number of carbonyl (C=O) groups is 2. The van der Waals surface area contributed by atoms with E-state index < -0.39 is 22.0 Å². The van der Waals surface area contributed by atoms with Crippen molar-refractivity contribution in [2.45, 2.75) is 32.7 Å². The van der Waals surface area contributed by atoms with Gasteiger partial charge < -0.3 is 15.0 Å². The number of nitrogens with zero attached hydrogens (tertiary/aromatic N) is 2. The number of ether oxygens (including phenoxy) is 1. The third kappa shape index (κ3) is 4.99. The molecular weight excluding hydrogens is 418 g/mol. The van der Waals surface area contributed by atoms with Crippen LogP contribution in [0.4, 0.5) is 17.1 Å². The maximum atomic E-state index is 12.9. The molecule has 1 heterocycles. The van der Waals surface area contributed by atoms with Gasteiger partial charge in [0.05, 0.1) is 19.1 Å². The quantitative estimate of drug-likeness (QED) is 0.707. The maximum absolute atomic E-state index is 12.9. The molecule has 0 aromatic heterocycles. The molecule has 166 valence electrons. The van der Waals surface area contributed by atoms with Crippen molar-refractivity contribution in [2.24, 2.45) is 0 Å². The summed E-state index contributed by atoms with van der Waals surface area (Å²) >= 11 is 0. The Kier molecular flexibility index (Phi) is 6.54. The van der Waals surface area contributed by atoms with Crippen molar-refractivity contribution < 1.29 is 22.7 Å². The van der Waals surface area contributed by atoms with E-state index in [-0.39, 0.29) is 5.91 Å². The Morgan fingerprint density at radius 1 is 1.19 bits per heavy atom. The van der Waals surface area contributed by atoms with E-state index in [1.165, 1.54) is 14.0 Å². The average molecular weight is 446 g/mol. The van der Waals surface area contributed by atoms with E-state index in [9.17, 15) is 18.0 Å². The van der Waals surface area contributed by atoms with Gasteiger partial charge in [-0.05, 0) is 62.2 Å². The van der Waals surface area contributed by atoms with Gasteiger partial charge in [-0.25, -0.2) is 8.42 Å². The molecule has 3 rings (SSSR count). The second kappa shape index (κ2) is 8.97. The standard InChI is InChI=1S/C22H27N3O5S/c1-15-7-12-20(30-3)19(14-15)25(31(4,28)29)16(2)22(27)23-17-8-10-18(11-9-17)24-13-5-6-21(24)26/h7-12,14,16H,5-6,13H2,1-4H3,(H,23,27)/t16-/m0/s1. The Balaban J connectivity index is 1.83. The molecule has 1 saturated heterocycles. The van der Waals surface area contributed by atoms with Crippen molar-refractivity contribution in [3.05, 3.63) is 48.0 Å². The lowest BCUT2D eigenvalue weighted by Crippen LogP contribution is -2.45. The second-order valence-corrected chi connectivity index (χ2v) is 9.45. The summed E-state index contributed by atoms with van der Waals surface area (Å²) in [5.74, 6) is -0.0457. The minimum Gasteiger partial charge on any atom is -0.495 e. The number of anilines is 3. The Labute approximate surface area is 182 Å². The number of carbonyl (C=O) groups excluding carboxylic acids is 2. The van der Waals surface area contributed by atoms with Gasteiger partial charge in [0.1, 0.15) is 11.8 Å². The Morgan fingerprint density at radius 3 is 2.42 bits per heavy atom. The van der Waals surface area contributed by atoms with Crippen LogP contribution in [-0.4, -0.2) is 46.2 Å². The van der Waals surface area contributed by atoms with Crippen LogP contribution in [0.5, 0.6) is 5.75 Å². The van der Waals surface area contributed by atoms with Crippen molar-refractivity contribution >= 4 is 38.9 Å². The maximum Gasteiger partial charge on any atom is 0.247 e. The number of rotatable bonds is 7. The monoisotopic (exact) mass is 445 g/mol. The predicted octanol–water partition coefficient (Wildman–Crippen LogP) is 2.92. The first kappa shape index (κ1) is 22.6. The van der Waals surface area contributed by atoms with Crippen LogP contribution in [0.15, 0.2) is 42.5 Å². The number of nitrogens with one attached hydrogen (secondary N) is 1. The van der Waals surface area contributed by atoms with Crippen LogP contribution in [0.25, 0.3) is 0 Å². The highest BCUT2D eigenvalue weighted by Gasteiger charge is 2.31. The number of sulfonamides is 1. The smallest absolute Gasteiger partial charge is 0.247 e. The molecule has 2 aromatic carbocycles. The van der Waals surface area contributed by atoms with Gasteiger partial charge in [-0.1, -0.05) is 6.07 Å². The SMILES string of the molecule is COc1ccc(C)cc1N([C@@H](C)C(=O)Nc1ccc(N2CCCC2=O)cc1)S(C)(=O)=O. The van der Waals surface area contributed by atoms with E-state index >= 15 is 0 Å². The molecule has 9 heteroatoms. The molecule has 0 aliphatic carbocycles. The molecule has 0 unspecified atom stereocenters. The number of hydrogen-bond donors (Lipinski definition) is 1. The molecule has 1 aliphatic heterocycles. The first-order chi connectivity index (χ1) is 14.6. The molecule has 0 spiro atoms. The lowest BCUT2D eigenvalue weighted by molar-refractivity contribution is -0.117. The molecule has 1 fully saturated rings. The molecule has 0 saturated carbocycles. The summed E-state index contributed by atoms with van der Waals surface area (Å²) in [6, 6.07) is 11.1. The Bertz CT molecular complexity index is 1080. The van der Waals surface area contributed by atoms with Crippen LogP contribution in [0.2, 0.25) is 0 Å². The lowest BCUT2D eigenvalue weighted by atomic mass is 10.2. The molecule has 2 amide bonds. The normalized spacial score (nSPS) is 15.0. The van der Waals surface area contributed by atoms with Gasteiger partial charge in [0.15, 0.2) is 0 Å². The molecule has 0 bridgehead atoms. The summed E-state index contributed by atoms with van der Waals surface area (Å²) in [6.07, 6.45) is 2.43. The topological polar surface area (TPSA) is 96.0 Å². The summed E-state index contributed by atoms with van der Waals surface area (Å²) < 4.78 is 31.6. The molecule has 31 heavy (non-hydrogen) atoms. The van der Waals surface area contributed by atoms with Gasteiger partial charge in [-0.2, -0.15) is 0 Å². The van der Waals surface area contributed by atoms with Gasteiger partial charge >= 0.3 is 0 Å².